The summed E-state index contributed by atoms with van der Waals surface area (Å²) in [5, 5.41) is 5.78. The average molecular weight is 372 g/mol. The predicted octanol–water partition coefficient (Wildman–Crippen LogP) is 3.97. The van der Waals surface area contributed by atoms with E-state index in [1.165, 1.54) is 10.5 Å². The topological polar surface area (TPSA) is 62.3 Å². The van der Waals surface area contributed by atoms with Crippen LogP contribution in [0.5, 0.6) is 0 Å². The molecule has 0 spiro atoms. The number of thiazole rings is 1. The van der Waals surface area contributed by atoms with Gasteiger partial charge in [-0.05, 0) is 29.9 Å². The monoisotopic (exact) mass is 371 g/mol. The summed E-state index contributed by atoms with van der Waals surface area (Å²) >= 11 is 1.55. The smallest absolute Gasteiger partial charge is 0.319 e. The number of nitrogens with one attached hydrogen (secondary N) is 1. The van der Waals surface area contributed by atoms with Crippen LogP contribution in [0.3, 0.4) is 0 Å². The van der Waals surface area contributed by atoms with E-state index in [1.54, 1.807) is 18.3 Å². The number of carbonyl (C=O) groups is 2. The van der Waals surface area contributed by atoms with Crippen molar-refractivity contribution in [3.8, 4) is 0 Å². The van der Waals surface area contributed by atoms with Crippen LogP contribution in [0.15, 0.2) is 29.6 Å². The molecule has 3 rings (SSSR count). The maximum absolute atomic E-state index is 13.0. The van der Waals surface area contributed by atoms with Gasteiger partial charge in [0.2, 0.25) is 0 Å². The van der Waals surface area contributed by atoms with E-state index in [0.29, 0.717) is 0 Å². The highest BCUT2D eigenvalue weighted by atomic mass is 32.1. The first-order valence-corrected chi connectivity index (χ1v) is 9.71. The molecule has 1 atom stereocenters. The van der Waals surface area contributed by atoms with Gasteiger partial charge in [0.05, 0.1) is 17.2 Å². The van der Waals surface area contributed by atoms with Crippen molar-refractivity contribution < 1.29 is 9.59 Å². The van der Waals surface area contributed by atoms with Crippen LogP contribution in [0.25, 0.3) is 0 Å². The number of aromatic nitrogens is 1. The molecule has 5 nitrogen and oxygen atoms in total. The Labute approximate surface area is 158 Å². The number of urea groups is 1. The highest BCUT2D eigenvalue weighted by molar-refractivity contribution is 7.09. The Morgan fingerprint density at radius 1 is 1.19 bits per heavy atom. The molecule has 1 aromatic heterocycles. The Bertz CT molecular complexity index is 835. The Morgan fingerprint density at radius 2 is 1.85 bits per heavy atom. The summed E-state index contributed by atoms with van der Waals surface area (Å²) in [5.74, 6) is -0.239. The summed E-state index contributed by atoms with van der Waals surface area (Å²) in [5.41, 5.74) is 1.72. The SMILES string of the molecule is CCc1nc(CN2C(=O)N[C@@](C)(c3ccc(C(C)(C)C)cc3)C2=O)cs1. The van der Waals surface area contributed by atoms with E-state index in [0.717, 1.165) is 22.7 Å². The van der Waals surface area contributed by atoms with Crippen molar-refractivity contribution in [2.45, 2.75) is 58.5 Å². The van der Waals surface area contributed by atoms with Crippen molar-refractivity contribution in [3.63, 3.8) is 0 Å². The summed E-state index contributed by atoms with van der Waals surface area (Å²) in [6, 6.07) is 7.54. The Kier molecular flexibility index (Phi) is 4.65. The van der Waals surface area contributed by atoms with Gasteiger partial charge in [-0.3, -0.25) is 9.69 Å². The summed E-state index contributed by atoms with van der Waals surface area (Å²) in [7, 11) is 0. The minimum atomic E-state index is -1.04. The number of amides is 3. The van der Waals surface area contributed by atoms with Crippen LogP contribution >= 0.6 is 11.3 Å². The fourth-order valence-corrected chi connectivity index (χ4v) is 3.82. The molecule has 1 aromatic carbocycles. The van der Waals surface area contributed by atoms with Crippen molar-refractivity contribution in [3.05, 3.63) is 51.5 Å². The Hall–Kier alpha value is -2.21. The third-order valence-corrected chi connectivity index (χ3v) is 5.87. The van der Waals surface area contributed by atoms with Gasteiger partial charge in [-0.15, -0.1) is 11.3 Å². The van der Waals surface area contributed by atoms with Gasteiger partial charge in [0.1, 0.15) is 5.54 Å². The molecular formula is C20H25N3O2S. The van der Waals surface area contributed by atoms with Crippen LogP contribution in [0.2, 0.25) is 0 Å². The van der Waals surface area contributed by atoms with Gasteiger partial charge in [0.15, 0.2) is 0 Å². The molecule has 0 saturated carbocycles. The minimum absolute atomic E-state index is 0.0377. The molecule has 6 heteroatoms. The van der Waals surface area contributed by atoms with Gasteiger partial charge in [0, 0.05) is 5.38 Å². The maximum Gasteiger partial charge on any atom is 0.325 e. The van der Waals surface area contributed by atoms with Crippen molar-refractivity contribution in [2.24, 2.45) is 0 Å². The standard InChI is InChI=1S/C20H25N3O2S/c1-6-16-21-15(12-26-16)11-23-17(24)20(5,22-18(23)25)14-9-7-13(8-10-14)19(2,3)4/h7-10,12H,6,11H2,1-5H3,(H,22,25)/t20-/m0/s1. The summed E-state index contributed by atoms with van der Waals surface area (Å²) in [6.07, 6.45) is 0.850. The zero-order valence-electron chi connectivity index (χ0n) is 15.9. The number of hydrogen-bond donors (Lipinski definition) is 1. The molecule has 138 valence electrons. The second kappa shape index (κ2) is 6.50. The van der Waals surface area contributed by atoms with E-state index in [1.807, 2.05) is 36.6 Å². The molecule has 2 aromatic rings. The molecule has 1 fully saturated rings. The Balaban J connectivity index is 1.84. The highest BCUT2D eigenvalue weighted by Gasteiger charge is 2.49. The number of carbonyl (C=O) groups excluding carboxylic acids is 2. The third kappa shape index (κ3) is 3.26. The lowest BCUT2D eigenvalue weighted by molar-refractivity contribution is -0.131. The van der Waals surface area contributed by atoms with Crippen molar-refractivity contribution in [1.82, 2.24) is 15.2 Å². The van der Waals surface area contributed by atoms with Gasteiger partial charge >= 0.3 is 6.03 Å². The molecule has 1 aliphatic heterocycles. The molecular weight excluding hydrogens is 346 g/mol. The van der Waals surface area contributed by atoms with Crippen LogP contribution in [-0.2, 0) is 28.7 Å². The zero-order chi connectivity index (χ0) is 19.1. The number of imide groups is 1. The molecule has 1 N–H and O–H groups in total. The lowest BCUT2D eigenvalue weighted by atomic mass is 9.84. The number of rotatable bonds is 4. The van der Waals surface area contributed by atoms with Crippen LogP contribution in [0.1, 0.15) is 56.4 Å². The predicted molar refractivity (Wildman–Crippen MR) is 103 cm³/mol. The molecule has 0 radical (unpaired) electrons. The number of benzene rings is 1. The summed E-state index contributed by atoms with van der Waals surface area (Å²) in [4.78, 5) is 31.2. The molecule has 1 aliphatic rings. The first kappa shape index (κ1) is 18.6. The maximum atomic E-state index is 13.0. The quantitative estimate of drug-likeness (QED) is 0.827. The fraction of sp³-hybridized carbons (Fsp3) is 0.450. The van der Waals surface area contributed by atoms with Gasteiger partial charge in [0.25, 0.3) is 5.91 Å². The van der Waals surface area contributed by atoms with Crippen molar-refractivity contribution in [1.29, 1.82) is 0 Å². The molecule has 0 unspecified atom stereocenters. The van der Waals surface area contributed by atoms with Gasteiger partial charge in [-0.2, -0.15) is 0 Å². The second-order valence-corrected chi connectivity index (χ2v) is 8.80. The number of aryl methyl sites for hydroxylation is 1. The van der Waals surface area contributed by atoms with E-state index in [2.05, 4.69) is 31.1 Å². The lowest BCUT2D eigenvalue weighted by Crippen LogP contribution is -2.40. The first-order valence-electron chi connectivity index (χ1n) is 8.83. The van der Waals surface area contributed by atoms with E-state index in [9.17, 15) is 9.59 Å². The normalized spacial score (nSPS) is 20.6. The average Bonchev–Trinajstić information content (AvgIpc) is 3.13. The fourth-order valence-electron chi connectivity index (χ4n) is 3.09. The molecule has 3 amide bonds. The first-order chi connectivity index (χ1) is 12.1. The van der Waals surface area contributed by atoms with Gasteiger partial charge in [-0.1, -0.05) is 52.0 Å². The van der Waals surface area contributed by atoms with Gasteiger partial charge in [-0.25, -0.2) is 9.78 Å². The van der Waals surface area contributed by atoms with Gasteiger partial charge < -0.3 is 5.32 Å². The highest BCUT2D eigenvalue weighted by Crippen LogP contribution is 2.32. The van der Waals surface area contributed by atoms with E-state index in [4.69, 9.17) is 0 Å². The lowest BCUT2D eigenvalue weighted by Gasteiger charge is -2.24. The molecule has 0 bridgehead atoms. The van der Waals surface area contributed by atoms with Crippen molar-refractivity contribution >= 4 is 23.3 Å². The molecule has 2 heterocycles. The number of nitrogens with zero attached hydrogens (tertiary/aromatic N) is 2. The van der Waals surface area contributed by atoms with Crippen molar-refractivity contribution in [2.75, 3.05) is 0 Å². The van der Waals surface area contributed by atoms with Crippen LogP contribution in [-0.4, -0.2) is 21.8 Å². The van der Waals surface area contributed by atoms with E-state index in [-0.39, 0.29) is 23.9 Å². The molecule has 1 saturated heterocycles. The van der Waals surface area contributed by atoms with Crippen LogP contribution in [0, 0.1) is 0 Å². The van der Waals surface area contributed by atoms with Crippen LogP contribution < -0.4 is 5.32 Å². The third-order valence-electron chi connectivity index (χ3n) is 4.83. The van der Waals surface area contributed by atoms with Crippen LogP contribution in [0.4, 0.5) is 4.79 Å². The second-order valence-electron chi connectivity index (χ2n) is 7.86. The minimum Gasteiger partial charge on any atom is -0.319 e. The summed E-state index contributed by atoms with van der Waals surface area (Å²) < 4.78 is 0. The molecule has 0 aliphatic carbocycles. The zero-order valence-corrected chi connectivity index (χ0v) is 16.7. The Morgan fingerprint density at radius 3 is 2.38 bits per heavy atom. The number of hydrogen-bond acceptors (Lipinski definition) is 4. The van der Waals surface area contributed by atoms with E-state index < -0.39 is 5.54 Å². The summed E-state index contributed by atoms with van der Waals surface area (Å²) in [6.45, 7) is 10.4. The molecule has 26 heavy (non-hydrogen) atoms. The van der Waals surface area contributed by atoms with E-state index >= 15 is 0 Å². The largest absolute Gasteiger partial charge is 0.325 e.